The molecule has 0 atom stereocenters. The highest BCUT2D eigenvalue weighted by molar-refractivity contribution is 14.1. The van der Waals surface area contributed by atoms with Crippen molar-refractivity contribution in [3.63, 3.8) is 0 Å². The van der Waals surface area contributed by atoms with E-state index in [2.05, 4.69) is 53.2 Å². The van der Waals surface area contributed by atoms with Crippen LogP contribution in [0.3, 0.4) is 0 Å². The molecule has 9 nitrogen and oxygen atoms in total. The van der Waals surface area contributed by atoms with Crippen LogP contribution in [0, 0.1) is 3.57 Å². The number of anilines is 2. The molecular formula is C19H15IN6O3. The van der Waals surface area contributed by atoms with Crippen molar-refractivity contribution in [3.05, 3.63) is 63.7 Å². The van der Waals surface area contributed by atoms with Gasteiger partial charge in [0.15, 0.2) is 5.69 Å². The molecule has 29 heavy (non-hydrogen) atoms. The van der Waals surface area contributed by atoms with Crippen molar-refractivity contribution < 1.29 is 14.3 Å². The van der Waals surface area contributed by atoms with E-state index >= 15 is 0 Å². The number of H-pyrrole nitrogens is 2. The summed E-state index contributed by atoms with van der Waals surface area (Å²) in [7, 11) is 1.51. The maximum atomic E-state index is 12.7. The quantitative estimate of drug-likeness (QED) is 0.312. The molecule has 0 aliphatic carbocycles. The summed E-state index contributed by atoms with van der Waals surface area (Å²) in [5.74, 6) is -0.304. The normalized spacial score (nSPS) is 10.7. The third-order valence-electron chi connectivity index (χ3n) is 4.11. The first kappa shape index (κ1) is 18.9. The molecule has 2 aromatic carbocycles. The zero-order valence-corrected chi connectivity index (χ0v) is 17.3. The summed E-state index contributed by atoms with van der Waals surface area (Å²) in [6.45, 7) is 0. The average Bonchev–Trinajstić information content (AvgIpc) is 3.34. The largest absolute Gasteiger partial charge is 0.495 e. The number of nitrogens with one attached hydrogen (secondary N) is 4. The van der Waals surface area contributed by atoms with E-state index in [1.54, 1.807) is 12.1 Å². The summed E-state index contributed by atoms with van der Waals surface area (Å²) in [4.78, 5) is 39.4. The van der Waals surface area contributed by atoms with Crippen LogP contribution in [0.1, 0.15) is 21.0 Å². The lowest BCUT2D eigenvalue weighted by Gasteiger charge is -2.10. The minimum Gasteiger partial charge on any atom is -0.495 e. The van der Waals surface area contributed by atoms with E-state index in [0.29, 0.717) is 11.4 Å². The molecule has 2 amide bonds. The third-order valence-corrected chi connectivity index (χ3v) is 4.78. The molecule has 4 N–H and O–H groups in total. The molecule has 2 heterocycles. The van der Waals surface area contributed by atoms with Gasteiger partial charge in [0.05, 0.1) is 30.2 Å². The highest BCUT2D eigenvalue weighted by Gasteiger charge is 2.22. The second-order valence-corrected chi connectivity index (χ2v) is 7.23. The Labute approximate surface area is 178 Å². The minimum absolute atomic E-state index is 0.0209. The van der Waals surface area contributed by atoms with E-state index in [1.165, 1.54) is 13.4 Å². The predicted octanol–water partition coefficient (Wildman–Crippen LogP) is 3.40. The van der Waals surface area contributed by atoms with Gasteiger partial charge in [0, 0.05) is 3.57 Å². The second kappa shape index (κ2) is 7.91. The number of aromatic nitrogens is 4. The number of imidazole rings is 2. The lowest BCUT2D eigenvalue weighted by molar-refractivity contribution is 0.0985. The van der Waals surface area contributed by atoms with Crippen LogP contribution in [0.2, 0.25) is 0 Å². The number of ether oxygens (including phenoxy) is 1. The maximum absolute atomic E-state index is 12.7. The topological polar surface area (TPSA) is 125 Å². The van der Waals surface area contributed by atoms with Crippen molar-refractivity contribution in [3.8, 4) is 5.75 Å². The van der Waals surface area contributed by atoms with Gasteiger partial charge in [-0.25, -0.2) is 9.97 Å². The molecule has 0 aliphatic rings. The SMILES string of the molecule is COc1ccc(I)cc1NC(=O)c1nc[nH]c1C(=O)Nc1nc2ccccc2[nH]1. The predicted molar refractivity (Wildman–Crippen MR) is 116 cm³/mol. The van der Waals surface area contributed by atoms with Gasteiger partial charge in [0.25, 0.3) is 11.8 Å². The van der Waals surface area contributed by atoms with Crippen LogP contribution in [-0.2, 0) is 0 Å². The number of rotatable bonds is 5. The number of nitrogens with zero attached hydrogens (tertiary/aromatic N) is 2. The molecule has 0 bridgehead atoms. The van der Waals surface area contributed by atoms with Crippen LogP contribution in [-0.4, -0.2) is 38.9 Å². The highest BCUT2D eigenvalue weighted by Crippen LogP contribution is 2.27. The van der Waals surface area contributed by atoms with Crippen molar-refractivity contribution in [2.24, 2.45) is 0 Å². The van der Waals surface area contributed by atoms with E-state index in [1.807, 2.05) is 30.3 Å². The summed E-state index contributed by atoms with van der Waals surface area (Å²) >= 11 is 2.13. The van der Waals surface area contributed by atoms with E-state index in [0.717, 1.165) is 14.6 Å². The summed E-state index contributed by atoms with van der Waals surface area (Å²) in [6, 6.07) is 12.8. The maximum Gasteiger partial charge on any atom is 0.276 e. The molecular weight excluding hydrogens is 487 g/mol. The molecule has 10 heteroatoms. The summed E-state index contributed by atoms with van der Waals surface area (Å²) in [6.07, 6.45) is 1.29. The first-order chi connectivity index (χ1) is 14.0. The van der Waals surface area contributed by atoms with E-state index < -0.39 is 11.8 Å². The van der Waals surface area contributed by atoms with Crippen LogP contribution in [0.15, 0.2) is 48.8 Å². The van der Waals surface area contributed by atoms with Crippen molar-refractivity contribution in [1.29, 1.82) is 0 Å². The molecule has 0 unspecified atom stereocenters. The first-order valence-corrected chi connectivity index (χ1v) is 9.57. The monoisotopic (exact) mass is 502 g/mol. The van der Waals surface area contributed by atoms with Crippen molar-refractivity contribution in [1.82, 2.24) is 19.9 Å². The van der Waals surface area contributed by atoms with Gasteiger partial charge < -0.3 is 20.0 Å². The van der Waals surface area contributed by atoms with Gasteiger partial charge >= 0.3 is 0 Å². The Morgan fingerprint density at radius 2 is 1.93 bits per heavy atom. The second-order valence-electron chi connectivity index (χ2n) is 5.98. The highest BCUT2D eigenvalue weighted by atomic mass is 127. The Bertz CT molecular complexity index is 1180. The van der Waals surface area contributed by atoms with E-state index in [4.69, 9.17) is 4.74 Å². The molecule has 0 spiro atoms. The van der Waals surface area contributed by atoms with Crippen LogP contribution in [0.5, 0.6) is 5.75 Å². The number of carbonyl (C=O) groups excluding carboxylic acids is 2. The molecule has 0 radical (unpaired) electrons. The number of halogens is 1. The Balaban J connectivity index is 1.55. The van der Waals surface area contributed by atoms with Gasteiger partial charge in [0.2, 0.25) is 5.95 Å². The smallest absolute Gasteiger partial charge is 0.276 e. The molecule has 0 saturated carbocycles. The zero-order chi connectivity index (χ0) is 20.4. The van der Waals surface area contributed by atoms with Crippen molar-refractivity contribution >= 4 is 57.1 Å². The van der Waals surface area contributed by atoms with Crippen LogP contribution in [0.4, 0.5) is 11.6 Å². The molecule has 146 valence electrons. The third kappa shape index (κ3) is 3.92. The summed E-state index contributed by atoms with van der Waals surface area (Å²) in [5, 5.41) is 5.37. The molecule has 4 aromatic rings. The van der Waals surface area contributed by atoms with Crippen LogP contribution in [0.25, 0.3) is 11.0 Å². The summed E-state index contributed by atoms with van der Waals surface area (Å²) in [5.41, 5.74) is 1.97. The van der Waals surface area contributed by atoms with Gasteiger partial charge in [0.1, 0.15) is 11.4 Å². The fraction of sp³-hybridized carbons (Fsp3) is 0.0526. The fourth-order valence-corrected chi connectivity index (χ4v) is 3.27. The lowest BCUT2D eigenvalue weighted by atomic mass is 10.2. The van der Waals surface area contributed by atoms with E-state index in [-0.39, 0.29) is 17.3 Å². The Morgan fingerprint density at radius 1 is 1.10 bits per heavy atom. The number of benzene rings is 2. The number of hydrogen-bond donors (Lipinski definition) is 4. The number of aromatic amines is 2. The molecule has 2 aromatic heterocycles. The number of amides is 2. The Hall–Kier alpha value is -3.41. The summed E-state index contributed by atoms with van der Waals surface area (Å²) < 4.78 is 6.19. The molecule has 4 rings (SSSR count). The van der Waals surface area contributed by atoms with E-state index in [9.17, 15) is 9.59 Å². The Kier molecular flexibility index (Phi) is 5.16. The van der Waals surface area contributed by atoms with Crippen molar-refractivity contribution in [2.75, 3.05) is 17.7 Å². The number of fused-ring (bicyclic) bond motifs is 1. The molecule has 0 saturated heterocycles. The standard InChI is InChI=1S/C19H15IN6O3/c1-29-14-7-6-10(20)8-13(14)23-17(27)15-16(22-9-21-15)18(28)26-19-24-11-4-2-3-5-12(11)25-19/h2-9H,1H3,(H,21,22)(H,23,27)(H2,24,25,26,28). The van der Waals surface area contributed by atoms with Crippen LogP contribution < -0.4 is 15.4 Å². The number of carbonyl (C=O) groups is 2. The number of methoxy groups -OCH3 is 1. The van der Waals surface area contributed by atoms with Gasteiger partial charge in [-0.1, -0.05) is 12.1 Å². The number of para-hydroxylation sites is 2. The van der Waals surface area contributed by atoms with Gasteiger partial charge in [-0.05, 0) is 52.9 Å². The Morgan fingerprint density at radius 3 is 2.72 bits per heavy atom. The van der Waals surface area contributed by atoms with Gasteiger partial charge in [-0.3, -0.25) is 14.9 Å². The van der Waals surface area contributed by atoms with Gasteiger partial charge in [-0.2, -0.15) is 0 Å². The number of hydrogen-bond acceptors (Lipinski definition) is 5. The fourth-order valence-electron chi connectivity index (χ4n) is 2.78. The average molecular weight is 502 g/mol. The van der Waals surface area contributed by atoms with Crippen molar-refractivity contribution in [2.45, 2.75) is 0 Å². The first-order valence-electron chi connectivity index (χ1n) is 8.49. The van der Waals surface area contributed by atoms with Crippen LogP contribution >= 0.6 is 22.6 Å². The lowest BCUT2D eigenvalue weighted by Crippen LogP contribution is -2.21. The molecule has 0 fully saturated rings. The minimum atomic E-state index is -0.540. The zero-order valence-electron chi connectivity index (χ0n) is 15.1. The molecule has 0 aliphatic heterocycles. The van der Waals surface area contributed by atoms with Gasteiger partial charge in [-0.15, -0.1) is 0 Å².